The molecule has 0 aliphatic rings. The van der Waals surface area contributed by atoms with Crippen molar-refractivity contribution in [3.05, 3.63) is 10.1 Å². The van der Waals surface area contributed by atoms with Gasteiger partial charge in [0.2, 0.25) is 0 Å². The standard InChI is InChI=1S/C8H9ClN4O3S/c1-3-16-8(14)12-6-4(13-15)5(9)10-7(11-6)17-2/h3H2,1-2H3,(H,10,11,12,14). The number of nitrogens with zero attached hydrogens (tertiary/aromatic N) is 3. The van der Waals surface area contributed by atoms with Gasteiger partial charge in [-0.05, 0) is 18.4 Å². The van der Waals surface area contributed by atoms with Crippen LogP contribution in [-0.2, 0) is 4.74 Å². The Labute approximate surface area is 106 Å². The molecule has 17 heavy (non-hydrogen) atoms. The van der Waals surface area contributed by atoms with E-state index in [0.29, 0.717) is 5.16 Å². The zero-order chi connectivity index (χ0) is 12.8. The van der Waals surface area contributed by atoms with E-state index >= 15 is 0 Å². The molecule has 0 radical (unpaired) electrons. The van der Waals surface area contributed by atoms with Crippen molar-refractivity contribution in [2.24, 2.45) is 5.18 Å². The Bertz CT molecular complexity index is 443. The molecule has 1 rings (SSSR count). The highest BCUT2D eigenvalue weighted by atomic mass is 35.5. The number of carbonyl (C=O) groups is 1. The maximum absolute atomic E-state index is 11.2. The van der Waals surface area contributed by atoms with E-state index in [4.69, 9.17) is 11.6 Å². The number of rotatable bonds is 4. The van der Waals surface area contributed by atoms with E-state index in [0.717, 1.165) is 0 Å². The Morgan fingerprint density at radius 1 is 1.59 bits per heavy atom. The van der Waals surface area contributed by atoms with E-state index in [9.17, 15) is 9.70 Å². The SMILES string of the molecule is CCOC(=O)Nc1nc(SC)nc(Cl)c1N=O. The van der Waals surface area contributed by atoms with E-state index < -0.39 is 6.09 Å². The highest BCUT2D eigenvalue weighted by Crippen LogP contribution is 2.31. The molecule has 1 aromatic heterocycles. The van der Waals surface area contributed by atoms with E-state index in [1.165, 1.54) is 11.8 Å². The topological polar surface area (TPSA) is 93.5 Å². The van der Waals surface area contributed by atoms with Crippen molar-refractivity contribution in [1.82, 2.24) is 9.97 Å². The summed E-state index contributed by atoms with van der Waals surface area (Å²) in [6.07, 6.45) is 0.993. The van der Waals surface area contributed by atoms with Crippen LogP contribution < -0.4 is 5.32 Å². The number of carbonyl (C=O) groups excluding carboxylic acids is 1. The number of hydrogen-bond donors (Lipinski definition) is 1. The second-order valence-corrected chi connectivity index (χ2v) is 3.77. The molecule has 92 valence electrons. The molecule has 0 unspecified atom stereocenters. The summed E-state index contributed by atoms with van der Waals surface area (Å²) in [7, 11) is 0. The third kappa shape index (κ3) is 3.53. The van der Waals surface area contributed by atoms with Gasteiger partial charge in [-0.1, -0.05) is 23.4 Å². The normalized spacial score (nSPS) is 9.82. The van der Waals surface area contributed by atoms with Crippen LogP contribution in [-0.4, -0.2) is 28.9 Å². The van der Waals surface area contributed by atoms with Gasteiger partial charge in [-0.3, -0.25) is 5.32 Å². The molecule has 0 spiro atoms. The summed E-state index contributed by atoms with van der Waals surface area (Å²) in [6, 6.07) is 0. The number of nitrogens with one attached hydrogen (secondary N) is 1. The van der Waals surface area contributed by atoms with Crippen LogP contribution in [0, 0.1) is 4.91 Å². The predicted molar refractivity (Wildman–Crippen MR) is 64.9 cm³/mol. The lowest BCUT2D eigenvalue weighted by Crippen LogP contribution is -2.15. The quantitative estimate of drug-likeness (QED) is 0.393. The van der Waals surface area contributed by atoms with Gasteiger partial charge in [0.1, 0.15) is 0 Å². The summed E-state index contributed by atoms with van der Waals surface area (Å²) in [5.41, 5.74) is -0.225. The van der Waals surface area contributed by atoms with Gasteiger partial charge in [-0.25, -0.2) is 14.8 Å². The fraction of sp³-hybridized carbons (Fsp3) is 0.375. The summed E-state index contributed by atoms with van der Waals surface area (Å²) in [4.78, 5) is 29.5. The largest absolute Gasteiger partial charge is 0.450 e. The summed E-state index contributed by atoms with van der Waals surface area (Å²) >= 11 is 6.94. The average Bonchev–Trinajstić information content (AvgIpc) is 2.28. The van der Waals surface area contributed by atoms with Crippen molar-refractivity contribution in [2.45, 2.75) is 12.1 Å². The number of halogens is 1. The van der Waals surface area contributed by atoms with Crippen molar-refractivity contribution in [1.29, 1.82) is 0 Å². The molecule has 1 amide bonds. The Balaban J connectivity index is 3.06. The monoisotopic (exact) mass is 276 g/mol. The minimum Gasteiger partial charge on any atom is -0.450 e. The Morgan fingerprint density at radius 2 is 2.29 bits per heavy atom. The fourth-order valence-corrected chi connectivity index (χ4v) is 1.55. The number of hydrogen-bond acceptors (Lipinski definition) is 7. The fourth-order valence-electron chi connectivity index (χ4n) is 0.931. The molecule has 0 aromatic carbocycles. The van der Waals surface area contributed by atoms with Crippen molar-refractivity contribution < 1.29 is 9.53 Å². The van der Waals surface area contributed by atoms with Gasteiger partial charge in [0.25, 0.3) is 0 Å². The Hall–Kier alpha value is -1.41. The number of amides is 1. The molecule has 7 nitrogen and oxygen atoms in total. The van der Waals surface area contributed by atoms with E-state index in [-0.39, 0.29) is 23.3 Å². The number of aromatic nitrogens is 2. The van der Waals surface area contributed by atoms with Crippen molar-refractivity contribution >= 4 is 41.0 Å². The van der Waals surface area contributed by atoms with Gasteiger partial charge in [0.15, 0.2) is 21.8 Å². The molecule has 0 bridgehead atoms. The Kier molecular flexibility index (Phi) is 5.11. The minimum atomic E-state index is -0.737. The molecule has 1 N–H and O–H groups in total. The van der Waals surface area contributed by atoms with Crippen LogP contribution in [0.4, 0.5) is 16.3 Å². The number of thioether (sulfide) groups is 1. The van der Waals surface area contributed by atoms with Crippen LogP contribution >= 0.6 is 23.4 Å². The highest BCUT2D eigenvalue weighted by Gasteiger charge is 2.16. The van der Waals surface area contributed by atoms with Crippen LogP contribution in [0.15, 0.2) is 10.3 Å². The first-order chi connectivity index (χ1) is 8.12. The van der Waals surface area contributed by atoms with Crippen LogP contribution in [0.25, 0.3) is 0 Å². The lowest BCUT2D eigenvalue weighted by atomic mass is 10.5. The number of anilines is 1. The maximum Gasteiger partial charge on any atom is 0.412 e. The first kappa shape index (κ1) is 13.7. The zero-order valence-electron chi connectivity index (χ0n) is 9.06. The summed E-state index contributed by atoms with van der Waals surface area (Å²) in [6.45, 7) is 1.85. The molecule has 0 saturated carbocycles. The van der Waals surface area contributed by atoms with Crippen LogP contribution in [0.3, 0.4) is 0 Å². The molecule has 0 atom stereocenters. The molecule has 0 saturated heterocycles. The maximum atomic E-state index is 11.2. The average molecular weight is 277 g/mol. The van der Waals surface area contributed by atoms with E-state index in [2.05, 4.69) is 25.2 Å². The van der Waals surface area contributed by atoms with E-state index in [1.807, 2.05) is 0 Å². The summed E-state index contributed by atoms with van der Waals surface area (Å²) in [5.74, 6) is -0.0669. The van der Waals surface area contributed by atoms with Gasteiger partial charge < -0.3 is 4.74 Å². The first-order valence-corrected chi connectivity index (χ1v) is 6.11. The minimum absolute atomic E-state index is 0.0669. The van der Waals surface area contributed by atoms with Gasteiger partial charge in [0, 0.05) is 0 Å². The molecule has 0 fully saturated rings. The molecule has 1 heterocycles. The second-order valence-electron chi connectivity index (χ2n) is 2.64. The number of nitroso groups, excluding NO2 is 1. The summed E-state index contributed by atoms with van der Waals surface area (Å²) in [5, 5.41) is 5.14. The zero-order valence-corrected chi connectivity index (χ0v) is 10.6. The van der Waals surface area contributed by atoms with Crippen LogP contribution in [0.1, 0.15) is 6.92 Å². The smallest absolute Gasteiger partial charge is 0.412 e. The van der Waals surface area contributed by atoms with Crippen molar-refractivity contribution in [3.8, 4) is 0 Å². The lowest BCUT2D eigenvalue weighted by Gasteiger charge is -2.07. The van der Waals surface area contributed by atoms with E-state index in [1.54, 1.807) is 13.2 Å². The van der Waals surface area contributed by atoms with Crippen molar-refractivity contribution in [3.63, 3.8) is 0 Å². The molecular weight excluding hydrogens is 268 g/mol. The van der Waals surface area contributed by atoms with Crippen LogP contribution in [0.5, 0.6) is 0 Å². The second kappa shape index (κ2) is 6.36. The number of ether oxygens (including phenoxy) is 1. The predicted octanol–water partition coefficient (Wildman–Crippen LogP) is 2.82. The Morgan fingerprint density at radius 3 is 2.82 bits per heavy atom. The van der Waals surface area contributed by atoms with Crippen molar-refractivity contribution in [2.75, 3.05) is 18.2 Å². The molecular formula is C8H9ClN4O3S. The third-order valence-electron chi connectivity index (χ3n) is 1.59. The third-order valence-corrected chi connectivity index (χ3v) is 2.40. The van der Waals surface area contributed by atoms with Crippen LogP contribution in [0.2, 0.25) is 5.15 Å². The molecule has 0 aliphatic carbocycles. The van der Waals surface area contributed by atoms with Gasteiger partial charge in [-0.2, -0.15) is 0 Å². The van der Waals surface area contributed by atoms with Gasteiger partial charge in [0.05, 0.1) is 6.61 Å². The first-order valence-electron chi connectivity index (χ1n) is 4.51. The lowest BCUT2D eigenvalue weighted by molar-refractivity contribution is 0.168. The highest BCUT2D eigenvalue weighted by molar-refractivity contribution is 7.98. The molecule has 9 heteroatoms. The molecule has 1 aromatic rings. The summed E-state index contributed by atoms with van der Waals surface area (Å²) < 4.78 is 4.65. The van der Waals surface area contributed by atoms with Gasteiger partial charge in [-0.15, -0.1) is 4.91 Å². The van der Waals surface area contributed by atoms with Gasteiger partial charge >= 0.3 is 6.09 Å². The molecule has 0 aliphatic heterocycles.